The van der Waals surface area contributed by atoms with E-state index in [1.54, 1.807) is 17.0 Å². The van der Waals surface area contributed by atoms with Crippen LogP contribution in [0.1, 0.15) is 36.0 Å². The van der Waals surface area contributed by atoms with E-state index in [1.807, 2.05) is 4.90 Å². The van der Waals surface area contributed by atoms with Crippen molar-refractivity contribution in [3.63, 3.8) is 0 Å². The van der Waals surface area contributed by atoms with Crippen molar-refractivity contribution in [2.75, 3.05) is 30.9 Å². The molecular formula is C23H25ClFN3O4S. The van der Waals surface area contributed by atoms with Crippen molar-refractivity contribution in [2.24, 2.45) is 5.92 Å². The van der Waals surface area contributed by atoms with E-state index in [4.69, 9.17) is 11.6 Å². The summed E-state index contributed by atoms with van der Waals surface area (Å²) in [6, 6.07) is 9.24. The molecule has 10 heteroatoms. The van der Waals surface area contributed by atoms with Crippen LogP contribution < -0.4 is 4.72 Å². The molecule has 4 rings (SSSR count). The molecule has 0 spiro atoms. The zero-order chi connectivity index (χ0) is 23.6. The first-order valence-corrected chi connectivity index (χ1v) is 12.8. The first kappa shape index (κ1) is 23.5. The molecule has 1 saturated heterocycles. The van der Waals surface area contributed by atoms with Crippen molar-refractivity contribution in [1.82, 2.24) is 9.80 Å². The summed E-state index contributed by atoms with van der Waals surface area (Å²) in [7, 11) is -3.96. The van der Waals surface area contributed by atoms with Crippen molar-refractivity contribution < 1.29 is 22.4 Å². The van der Waals surface area contributed by atoms with Gasteiger partial charge in [-0.25, -0.2) is 12.8 Å². The van der Waals surface area contributed by atoms with Gasteiger partial charge >= 0.3 is 0 Å². The van der Waals surface area contributed by atoms with E-state index in [2.05, 4.69) is 4.72 Å². The van der Waals surface area contributed by atoms with Gasteiger partial charge in [0.2, 0.25) is 5.91 Å². The van der Waals surface area contributed by atoms with E-state index in [-0.39, 0.29) is 33.3 Å². The van der Waals surface area contributed by atoms with Crippen LogP contribution in [0.25, 0.3) is 0 Å². The molecule has 7 nitrogen and oxygen atoms in total. The van der Waals surface area contributed by atoms with E-state index in [0.717, 1.165) is 43.9 Å². The average Bonchev–Trinajstić information content (AvgIpc) is 3.35. The Hall–Kier alpha value is -2.65. The van der Waals surface area contributed by atoms with E-state index >= 15 is 0 Å². The Morgan fingerprint density at radius 3 is 2.15 bits per heavy atom. The summed E-state index contributed by atoms with van der Waals surface area (Å²) >= 11 is 5.68. The van der Waals surface area contributed by atoms with Gasteiger partial charge in [0.25, 0.3) is 15.9 Å². The minimum absolute atomic E-state index is 0.134. The molecule has 1 N–H and O–H groups in total. The lowest BCUT2D eigenvalue weighted by Gasteiger charge is -2.36. The number of rotatable bonds is 5. The number of benzene rings is 2. The smallest absolute Gasteiger partial charge is 0.261 e. The van der Waals surface area contributed by atoms with E-state index < -0.39 is 15.8 Å². The summed E-state index contributed by atoms with van der Waals surface area (Å²) in [5, 5.41) is -0.288. The van der Waals surface area contributed by atoms with Gasteiger partial charge in [0.1, 0.15) is 5.82 Å². The van der Waals surface area contributed by atoms with E-state index in [0.29, 0.717) is 31.7 Å². The molecule has 33 heavy (non-hydrogen) atoms. The highest BCUT2D eigenvalue weighted by Gasteiger charge is 2.30. The van der Waals surface area contributed by atoms with Crippen LogP contribution in [-0.2, 0) is 14.8 Å². The summed E-state index contributed by atoms with van der Waals surface area (Å²) in [6.45, 7) is 1.99. The summed E-state index contributed by atoms with van der Waals surface area (Å²) in [5.74, 6) is -0.530. The van der Waals surface area contributed by atoms with Gasteiger partial charge in [0, 0.05) is 43.3 Å². The Morgan fingerprint density at radius 2 is 1.55 bits per heavy atom. The number of nitrogens with zero attached hydrogens (tertiary/aromatic N) is 2. The third-order valence-electron chi connectivity index (χ3n) is 6.17. The Kier molecular flexibility index (Phi) is 6.90. The fourth-order valence-corrected chi connectivity index (χ4v) is 5.61. The number of amides is 2. The highest BCUT2D eigenvalue weighted by Crippen LogP contribution is 2.27. The zero-order valence-electron chi connectivity index (χ0n) is 18.0. The third kappa shape index (κ3) is 5.30. The normalized spacial score (nSPS) is 17.3. The first-order chi connectivity index (χ1) is 15.7. The van der Waals surface area contributed by atoms with Crippen LogP contribution in [0.2, 0.25) is 5.02 Å². The number of sulfonamides is 1. The lowest BCUT2D eigenvalue weighted by molar-refractivity contribution is -0.136. The second-order valence-corrected chi connectivity index (χ2v) is 10.4. The van der Waals surface area contributed by atoms with Gasteiger partial charge < -0.3 is 9.80 Å². The van der Waals surface area contributed by atoms with Gasteiger partial charge in [0.15, 0.2) is 0 Å². The van der Waals surface area contributed by atoms with Crippen molar-refractivity contribution >= 4 is 39.1 Å². The van der Waals surface area contributed by atoms with Crippen LogP contribution in [0.5, 0.6) is 0 Å². The molecule has 2 amide bonds. The summed E-state index contributed by atoms with van der Waals surface area (Å²) in [4.78, 5) is 28.8. The zero-order valence-corrected chi connectivity index (χ0v) is 19.5. The molecule has 2 aromatic rings. The predicted molar refractivity (Wildman–Crippen MR) is 123 cm³/mol. The number of carbonyl (C=O) groups is 2. The number of carbonyl (C=O) groups excluding carboxylic acids is 2. The van der Waals surface area contributed by atoms with Crippen LogP contribution >= 0.6 is 11.6 Å². The van der Waals surface area contributed by atoms with Crippen LogP contribution in [0.15, 0.2) is 47.4 Å². The number of hydrogen-bond acceptors (Lipinski definition) is 4. The standard InChI is InChI=1S/C23H25ClFN3O4S/c24-20-15-19(9-10-21(20)25)33(31,32)26-18-7-5-17(6-8-18)23(30)28-13-11-27(12-14-28)22(29)16-3-1-2-4-16/h5-10,15-16,26H,1-4,11-14H2. The summed E-state index contributed by atoms with van der Waals surface area (Å²) < 4.78 is 40.7. The van der Waals surface area contributed by atoms with Crippen molar-refractivity contribution in [3.8, 4) is 0 Å². The van der Waals surface area contributed by atoms with Crippen LogP contribution in [0, 0.1) is 11.7 Å². The molecule has 2 aliphatic rings. The van der Waals surface area contributed by atoms with Crippen molar-refractivity contribution in [1.29, 1.82) is 0 Å². The second-order valence-electron chi connectivity index (χ2n) is 8.36. The molecule has 1 saturated carbocycles. The number of anilines is 1. The molecule has 2 aromatic carbocycles. The van der Waals surface area contributed by atoms with Gasteiger partial charge in [-0.2, -0.15) is 0 Å². The van der Waals surface area contributed by atoms with Crippen LogP contribution in [-0.4, -0.2) is 56.2 Å². The Labute approximate surface area is 197 Å². The summed E-state index contributed by atoms with van der Waals surface area (Å²) in [5.41, 5.74) is 0.692. The van der Waals surface area contributed by atoms with Gasteiger partial charge in [0.05, 0.1) is 9.92 Å². The third-order valence-corrected chi connectivity index (χ3v) is 7.84. The molecule has 1 aliphatic carbocycles. The number of piperazine rings is 1. The van der Waals surface area contributed by atoms with Crippen LogP contribution in [0.4, 0.5) is 10.1 Å². The van der Waals surface area contributed by atoms with Crippen LogP contribution in [0.3, 0.4) is 0 Å². The average molecular weight is 494 g/mol. The highest BCUT2D eigenvalue weighted by atomic mass is 35.5. The Bertz CT molecular complexity index is 1140. The Balaban J connectivity index is 1.35. The molecule has 1 heterocycles. The second kappa shape index (κ2) is 9.69. The topological polar surface area (TPSA) is 86.8 Å². The summed E-state index contributed by atoms with van der Waals surface area (Å²) in [6.07, 6.45) is 4.14. The van der Waals surface area contributed by atoms with E-state index in [9.17, 15) is 22.4 Å². The monoisotopic (exact) mass is 493 g/mol. The van der Waals surface area contributed by atoms with Gasteiger partial charge in [-0.15, -0.1) is 0 Å². The van der Waals surface area contributed by atoms with E-state index in [1.165, 1.54) is 12.1 Å². The molecular weight excluding hydrogens is 469 g/mol. The molecule has 0 bridgehead atoms. The minimum Gasteiger partial charge on any atom is -0.339 e. The number of hydrogen-bond donors (Lipinski definition) is 1. The quantitative estimate of drug-likeness (QED) is 0.687. The van der Waals surface area contributed by atoms with Gasteiger partial charge in [-0.3, -0.25) is 14.3 Å². The molecule has 2 fully saturated rings. The molecule has 0 aromatic heterocycles. The maximum absolute atomic E-state index is 13.3. The molecule has 176 valence electrons. The largest absolute Gasteiger partial charge is 0.339 e. The first-order valence-electron chi connectivity index (χ1n) is 10.9. The maximum atomic E-state index is 13.3. The number of halogens is 2. The molecule has 1 aliphatic heterocycles. The number of nitrogens with one attached hydrogen (secondary N) is 1. The van der Waals surface area contributed by atoms with Gasteiger partial charge in [-0.1, -0.05) is 24.4 Å². The van der Waals surface area contributed by atoms with Crippen molar-refractivity contribution in [2.45, 2.75) is 30.6 Å². The SMILES string of the molecule is O=C(c1ccc(NS(=O)(=O)c2ccc(F)c(Cl)c2)cc1)N1CCN(C(=O)C2CCCC2)CC1. The predicted octanol–water partition coefficient (Wildman–Crippen LogP) is 3.75. The molecule has 0 atom stereocenters. The lowest BCUT2D eigenvalue weighted by atomic mass is 10.1. The fourth-order valence-electron chi connectivity index (χ4n) is 4.28. The molecule has 0 radical (unpaired) electrons. The Morgan fingerprint density at radius 1 is 0.939 bits per heavy atom. The molecule has 0 unspecified atom stereocenters. The fraction of sp³-hybridized carbons (Fsp3) is 0.391. The van der Waals surface area contributed by atoms with Crippen molar-refractivity contribution in [3.05, 3.63) is 58.9 Å². The maximum Gasteiger partial charge on any atom is 0.261 e. The minimum atomic E-state index is -3.96. The highest BCUT2D eigenvalue weighted by molar-refractivity contribution is 7.92. The lowest BCUT2D eigenvalue weighted by Crippen LogP contribution is -2.51. The van der Waals surface area contributed by atoms with Gasteiger partial charge in [-0.05, 0) is 55.3 Å².